The molecule has 1 N–H and O–H groups in total. The van der Waals surface area contributed by atoms with Crippen LogP contribution in [0.25, 0.3) is 16.5 Å². The number of H-pyrrole nitrogens is 1. The van der Waals surface area contributed by atoms with Gasteiger partial charge in [-0.05, 0) is 49.2 Å². The van der Waals surface area contributed by atoms with Crippen LogP contribution in [0.15, 0.2) is 24.4 Å². The van der Waals surface area contributed by atoms with Gasteiger partial charge >= 0.3 is 6.18 Å². The topological polar surface area (TPSA) is 36.1 Å². The van der Waals surface area contributed by atoms with E-state index in [2.05, 4.69) is 9.88 Å². The fourth-order valence-electron chi connectivity index (χ4n) is 3.94. The minimum absolute atomic E-state index is 0.00980. The molecule has 4 rings (SSSR count). The number of alkyl halides is 3. The molecule has 0 fully saturated rings. The molecule has 0 saturated carbocycles. The van der Waals surface area contributed by atoms with Crippen LogP contribution in [-0.4, -0.2) is 35.3 Å². The predicted octanol–water partition coefficient (Wildman–Crippen LogP) is 3.65. The highest BCUT2D eigenvalue weighted by atomic mass is 19.4. The lowest BCUT2D eigenvalue weighted by Crippen LogP contribution is -2.43. The first-order valence-electron chi connectivity index (χ1n) is 7.89. The normalized spacial score (nSPS) is 24.0. The third-order valence-electron chi connectivity index (χ3n) is 5.19. The van der Waals surface area contributed by atoms with Gasteiger partial charge < -0.3 is 4.98 Å². The number of aromatic amines is 1. The second-order valence-electron chi connectivity index (χ2n) is 6.76. The summed E-state index contributed by atoms with van der Waals surface area (Å²) in [5.74, 6) is -0.234. The van der Waals surface area contributed by atoms with E-state index in [0.29, 0.717) is 17.6 Å². The Labute approximate surface area is 137 Å². The largest absolute Gasteiger partial charge is 0.416 e. The molecule has 0 amide bonds. The summed E-state index contributed by atoms with van der Waals surface area (Å²) in [5, 5.41) is 0.850. The summed E-state index contributed by atoms with van der Waals surface area (Å²) in [6.45, 7) is 2.13. The van der Waals surface area contributed by atoms with Crippen LogP contribution in [0.5, 0.6) is 0 Å². The smallest absolute Gasteiger partial charge is 0.361 e. The quantitative estimate of drug-likeness (QED) is 0.864. The Morgan fingerprint density at radius 3 is 2.75 bits per heavy atom. The van der Waals surface area contributed by atoms with Gasteiger partial charge in [0, 0.05) is 35.6 Å². The molecule has 2 atom stereocenters. The number of ketones is 1. The first-order chi connectivity index (χ1) is 11.3. The van der Waals surface area contributed by atoms with Crippen molar-refractivity contribution in [2.45, 2.75) is 25.6 Å². The van der Waals surface area contributed by atoms with Gasteiger partial charge in [0.15, 0.2) is 0 Å². The monoisotopic (exact) mass is 334 g/mol. The highest BCUT2D eigenvalue weighted by molar-refractivity contribution is 6.00. The number of Topliss-reactive ketones (excluding diaryl/α,β-unsaturated/α-hetero) is 1. The Kier molecular flexibility index (Phi) is 3.19. The zero-order valence-electron chi connectivity index (χ0n) is 13.4. The molecule has 2 aromatic rings. The molecule has 0 bridgehead atoms. The van der Waals surface area contributed by atoms with Crippen LogP contribution < -0.4 is 0 Å². The number of halogens is 3. The van der Waals surface area contributed by atoms with Crippen LogP contribution >= 0.6 is 0 Å². The predicted molar refractivity (Wildman–Crippen MR) is 85.6 cm³/mol. The summed E-state index contributed by atoms with van der Waals surface area (Å²) in [5.41, 5.74) is 2.32. The van der Waals surface area contributed by atoms with E-state index in [-0.39, 0.29) is 17.7 Å². The molecule has 3 nitrogen and oxygen atoms in total. The summed E-state index contributed by atoms with van der Waals surface area (Å²) >= 11 is 0. The van der Waals surface area contributed by atoms with Crippen molar-refractivity contribution in [1.82, 2.24) is 9.88 Å². The number of hydrogen-bond acceptors (Lipinski definition) is 2. The number of nitrogens with one attached hydrogen (secondary N) is 1. The number of rotatable bonds is 1. The van der Waals surface area contributed by atoms with E-state index < -0.39 is 11.7 Å². The van der Waals surface area contributed by atoms with Gasteiger partial charge in [0.25, 0.3) is 0 Å². The minimum Gasteiger partial charge on any atom is -0.361 e. The molecule has 1 aliphatic carbocycles. The van der Waals surface area contributed by atoms with Gasteiger partial charge in [0.05, 0.1) is 5.56 Å². The Balaban J connectivity index is 1.98. The van der Waals surface area contributed by atoms with Crippen molar-refractivity contribution in [3.8, 4) is 0 Å². The molecule has 1 aliphatic heterocycles. The summed E-state index contributed by atoms with van der Waals surface area (Å²) in [6, 6.07) is 2.40. The molecule has 2 aliphatic rings. The molecular formula is C18H17F3N2O. The molecule has 2 heterocycles. The number of aromatic nitrogens is 1. The number of likely N-dealkylation sites (N-methyl/N-ethyl adjacent to an activating group) is 1. The zero-order valence-corrected chi connectivity index (χ0v) is 13.4. The summed E-state index contributed by atoms with van der Waals surface area (Å²) < 4.78 is 39.8. The second-order valence-corrected chi connectivity index (χ2v) is 6.76. The van der Waals surface area contributed by atoms with E-state index in [9.17, 15) is 18.0 Å². The highest BCUT2D eigenvalue weighted by Crippen LogP contribution is 2.43. The Hall–Kier alpha value is -2.08. The van der Waals surface area contributed by atoms with E-state index >= 15 is 0 Å². The van der Waals surface area contributed by atoms with E-state index in [0.717, 1.165) is 29.0 Å². The van der Waals surface area contributed by atoms with Gasteiger partial charge in [-0.1, -0.05) is 6.08 Å². The SMILES string of the molecule is CC(=O)[C@@H]1C=C2c3cc(C(F)(F)F)cc4[nH]cc(c34)C[C@H]2N(C)C1. The summed E-state index contributed by atoms with van der Waals surface area (Å²) in [6.07, 6.45) is 0.0171. The lowest BCUT2D eigenvalue weighted by Gasteiger charge is -2.39. The van der Waals surface area contributed by atoms with E-state index in [4.69, 9.17) is 0 Å². The molecule has 126 valence electrons. The van der Waals surface area contributed by atoms with Crippen LogP contribution in [-0.2, 0) is 17.4 Å². The fourth-order valence-corrected chi connectivity index (χ4v) is 3.94. The average Bonchev–Trinajstić information content (AvgIpc) is 2.91. The fraction of sp³-hybridized carbons (Fsp3) is 0.389. The van der Waals surface area contributed by atoms with E-state index in [1.165, 1.54) is 13.0 Å². The molecule has 0 unspecified atom stereocenters. The molecular weight excluding hydrogens is 317 g/mol. The maximum absolute atomic E-state index is 13.3. The maximum Gasteiger partial charge on any atom is 0.416 e. The van der Waals surface area contributed by atoms with Crippen LogP contribution in [0.1, 0.15) is 23.6 Å². The first-order valence-corrected chi connectivity index (χ1v) is 7.89. The van der Waals surface area contributed by atoms with Crippen LogP contribution in [0.4, 0.5) is 13.2 Å². The van der Waals surface area contributed by atoms with Gasteiger partial charge in [-0.3, -0.25) is 9.69 Å². The van der Waals surface area contributed by atoms with Crippen molar-refractivity contribution in [2.24, 2.45) is 5.92 Å². The van der Waals surface area contributed by atoms with Gasteiger partial charge in [-0.15, -0.1) is 0 Å². The van der Waals surface area contributed by atoms with E-state index in [1.807, 2.05) is 13.1 Å². The minimum atomic E-state index is -4.40. The third-order valence-corrected chi connectivity index (χ3v) is 5.19. The van der Waals surface area contributed by atoms with Gasteiger partial charge in [0.1, 0.15) is 5.78 Å². The van der Waals surface area contributed by atoms with Crippen molar-refractivity contribution in [1.29, 1.82) is 0 Å². The number of carbonyl (C=O) groups excluding carboxylic acids is 1. The molecule has 0 radical (unpaired) electrons. The Morgan fingerprint density at radius 1 is 1.33 bits per heavy atom. The van der Waals surface area contributed by atoms with Crippen molar-refractivity contribution in [3.05, 3.63) is 41.1 Å². The maximum atomic E-state index is 13.3. The zero-order chi connectivity index (χ0) is 17.2. The molecule has 0 spiro atoms. The lowest BCUT2D eigenvalue weighted by molar-refractivity contribution is -0.137. The number of hydrogen-bond donors (Lipinski definition) is 1. The van der Waals surface area contributed by atoms with Crippen molar-refractivity contribution in [2.75, 3.05) is 13.6 Å². The van der Waals surface area contributed by atoms with Crippen LogP contribution in [0.2, 0.25) is 0 Å². The molecule has 24 heavy (non-hydrogen) atoms. The highest BCUT2D eigenvalue weighted by Gasteiger charge is 2.38. The standard InChI is InChI=1S/C18H17F3N2O/c1-9(24)11-3-13-14-5-12(18(19,20)21)6-15-17(14)10(7-22-15)4-16(13)23(2)8-11/h3,5-7,11,16,22H,4,8H2,1-2H3/t11-,16-/m1/s1. The number of carbonyl (C=O) groups is 1. The van der Waals surface area contributed by atoms with Gasteiger partial charge in [0.2, 0.25) is 0 Å². The number of nitrogens with zero attached hydrogens (tertiary/aromatic N) is 1. The average molecular weight is 334 g/mol. The Morgan fingerprint density at radius 2 is 2.08 bits per heavy atom. The molecule has 0 saturated heterocycles. The second kappa shape index (κ2) is 4.96. The Bertz CT molecular complexity index is 878. The molecule has 6 heteroatoms. The molecule has 1 aromatic carbocycles. The van der Waals surface area contributed by atoms with Gasteiger partial charge in [-0.2, -0.15) is 13.2 Å². The first kappa shape index (κ1) is 15.4. The van der Waals surface area contributed by atoms with E-state index in [1.54, 1.807) is 6.20 Å². The van der Waals surface area contributed by atoms with Crippen molar-refractivity contribution < 1.29 is 18.0 Å². The van der Waals surface area contributed by atoms with Crippen LogP contribution in [0.3, 0.4) is 0 Å². The van der Waals surface area contributed by atoms with Crippen molar-refractivity contribution >= 4 is 22.3 Å². The van der Waals surface area contributed by atoms with Gasteiger partial charge in [-0.25, -0.2) is 0 Å². The third kappa shape index (κ3) is 2.20. The summed E-state index contributed by atoms with van der Waals surface area (Å²) in [7, 11) is 1.93. The molecule has 1 aromatic heterocycles. The number of fused-ring (bicyclic) bond motifs is 2. The lowest BCUT2D eigenvalue weighted by atomic mass is 9.79. The van der Waals surface area contributed by atoms with Crippen molar-refractivity contribution in [3.63, 3.8) is 0 Å². The number of benzene rings is 1. The summed E-state index contributed by atoms with van der Waals surface area (Å²) in [4.78, 5) is 16.9. The van der Waals surface area contributed by atoms with Crippen LogP contribution in [0, 0.1) is 5.92 Å².